The van der Waals surface area contributed by atoms with Gasteiger partial charge in [0.1, 0.15) is 5.75 Å². The molecule has 0 spiro atoms. The summed E-state index contributed by atoms with van der Waals surface area (Å²) in [6, 6.07) is 14.2. The summed E-state index contributed by atoms with van der Waals surface area (Å²) in [6.07, 6.45) is 0. The van der Waals surface area contributed by atoms with E-state index in [-0.39, 0.29) is 0 Å². The highest BCUT2D eigenvalue weighted by Gasteiger charge is 2.10. The molecule has 0 amide bonds. The van der Waals surface area contributed by atoms with Crippen molar-refractivity contribution in [3.63, 3.8) is 0 Å². The van der Waals surface area contributed by atoms with Gasteiger partial charge in [0.2, 0.25) is 5.16 Å². The molecule has 23 heavy (non-hydrogen) atoms. The van der Waals surface area contributed by atoms with Crippen molar-refractivity contribution in [2.45, 2.75) is 17.8 Å². The molecule has 0 aliphatic carbocycles. The second-order valence-corrected chi connectivity index (χ2v) is 6.76. The van der Waals surface area contributed by atoms with Crippen LogP contribution >= 0.6 is 27.7 Å². The second-order valence-electron chi connectivity index (χ2n) is 4.97. The van der Waals surface area contributed by atoms with Crippen LogP contribution in [-0.2, 0) is 5.75 Å². The summed E-state index contributed by atoms with van der Waals surface area (Å²) in [6.45, 7) is 2.06. The number of hydrogen-bond donors (Lipinski definition) is 0. The Balaban J connectivity index is 1.76. The van der Waals surface area contributed by atoms with Gasteiger partial charge >= 0.3 is 0 Å². The molecule has 0 N–H and O–H groups in total. The van der Waals surface area contributed by atoms with Gasteiger partial charge in [-0.15, -0.1) is 5.10 Å². The van der Waals surface area contributed by atoms with Crippen molar-refractivity contribution in [3.05, 3.63) is 58.1 Å². The Morgan fingerprint density at radius 3 is 2.65 bits per heavy atom. The maximum Gasteiger partial charge on any atom is 0.214 e. The highest BCUT2D eigenvalue weighted by Crippen LogP contribution is 2.29. The lowest BCUT2D eigenvalue weighted by Crippen LogP contribution is -1.99. The maximum absolute atomic E-state index is 5.25. The molecule has 0 fully saturated rings. The van der Waals surface area contributed by atoms with Crippen LogP contribution in [0.5, 0.6) is 5.75 Å². The highest BCUT2D eigenvalue weighted by molar-refractivity contribution is 9.10. The van der Waals surface area contributed by atoms with E-state index in [1.165, 1.54) is 11.1 Å². The van der Waals surface area contributed by atoms with E-state index >= 15 is 0 Å². The van der Waals surface area contributed by atoms with E-state index in [0.29, 0.717) is 0 Å². The van der Waals surface area contributed by atoms with Gasteiger partial charge in [-0.2, -0.15) is 4.68 Å². The summed E-state index contributed by atoms with van der Waals surface area (Å²) in [5.41, 5.74) is 3.33. The number of tetrazole rings is 1. The van der Waals surface area contributed by atoms with E-state index in [1.807, 2.05) is 42.5 Å². The van der Waals surface area contributed by atoms with Gasteiger partial charge in [-0.3, -0.25) is 0 Å². The Hall–Kier alpha value is -1.86. The molecule has 0 aliphatic rings. The standard InChI is InChI=1S/C16H15BrN4OS/c1-11-3-6-13(7-4-11)21-16(18-19-20-21)23-10-12-5-8-15(22-2)14(17)9-12/h3-9H,10H2,1-2H3. The average Bonchev–Trinajstić information content (AvgIpc) is 3.02. The minimum absolute atomic E-state index is 0.765. The lowest BCUT2D eigenvalue weighted by molar-refractivity contribution is 0.412. The number of rotatable bonds is 5. The van der Waals surface area contributed by atoms with Crippen LogP contribution in [0.1, 0.15) is 11.1 Å². The first-order valence-corrected chi connectivity index (χ1v) is 8.76. The number of benzene rings is 2. The predicted molar refractivity (Wildman–Crippen MR) is 94.1 cm³/mol. The van der Waals surface area contributed by atoms with Gasteiger partial charge in [-0.25, -0.2) is 0 Å². The smallest absolute Gasteiger partial charge is 0.214 e. The van der Waals surface area contributed by atoms with Gasteiger partial charge in [0.05, 0.1) is 17.3 Å². The van der Waals surface area contributed by atoms with Crippen LogP contribution in [0.25, 0.3) is 5.69 Å². The molecule has 3 aromatic rings. The van der Waals surface area contributed by atoms with Gasteiger partial charge in [0.15, 0.2) is 0 Å². The molecule has 1 heterocycles. The number of hydrogen-bond acceptors (Lipinski definition) is 5. The van der Waals surface area contributed by atoms with E-state index in [2.05, 4.69) is 38.4 Å². The largest absolute Gasteiger partial charge is 0.496 e. The summed E-state index contributed by atoms with van der Waals surface area (Å²) < 4.78 is 7.94. The Labute approximate surface area is 147 Å². The first-order chi connectivity index (χ1) is 11.2. The van der Waals surface area contributed by atoms with E-state index in [0.717, 1.165) is 26.8 Å². The van der Waals surface area contributed by atoms with Crippen molar-refractivity contribution < 1.29 is 4.74 Å². The van der Waals surface area contributed by atoms with Gasteiger partial charge in [-0.1, -0.05) is 35.5 Å². The quantitative estimate of drug-likeness (QED) is 0.615. The summed E-state index contributed by atoms with van der Waals surface area (Å²) in [5.74, 6) is 1.60. The van der Waals surface area contributed by atoms with Crippen molar-refractivity contribution in [2.24, 2.45) is 0 Å². The molecule has 2 aromatic carbocycles. The van der Waals surface area contributed by atoms with Gasteiger partial charge in [-0.05, 0) is 63.1 Å². The van der Waals surface area contributed by atoms with Crippen LogP contribution in [0, 0.1) is 6.92 Å². The van der Waals surface area contributed by atoms with Crippen LogP contribution in [-0.4, -0.2) is 27.3 Å². The van der Waals surface area contributed by atoms with Crippen LogP contribution in [0.3, 0.4) is 0 Å². The van der Waals surface area contributed by atoms with Gasteiger partial charge < -0.3 is 4.74 Å². The highest BCUT2D eigenvalue weighted by atomic mass is 79.9. The number of aryl methyl sites for hydroxylation is 1. The minimum Gasteiger partial charge on any atom is -0.496 e. The number of ether oxygens (including phenoxy) is 1. The molecule has 7 heteroatoms. The molecule has 118 valence electrons. The third-order valence-corrected chi connectivity index (χ3v) is 4.91. The Morgan fingerprint density at radius 2 is 1.96 bits per heavy atom. The number of methoxy groups -OCH3 is 1. The zero-order chi connectivity index (χ0) is 16.2. The SMILES string of the molecule is COc1ccc(CSc2nnnn2-c2ccc(C)cc2)cc1Br. The van der Waals surface area contributed by atoms with Crippen molar-refractivity contribution in [2.75, 3.05) is 7.11 Å². The summed E-state index contributed by atoms with van der Waals surface area (Å²) >= 11 is 5.10. The topological polar surface area (TPSA) is 52.8 Å². The van der Waals surface area contributed by atoms with Crippen molar-refractivity contribution in [1.29, 1.82) is 0 Å². The lowest BCUT2D eigenvalue weighted by Gasteiger charge is -2.07. The molecule has 1 aromatic heterocycles. The minimum atomic E-state index is 0.765. The Morgan fingerprint density at radius 1 is 1.17 bits per heavy atom. The fourth-order valence-electron chi connectivity index (χ4n) is 2.06. The van der Waals surface area contributed by atoms with Crippen LogP contribution in [0.2, 0.25) is 0 Å². The fourth-order valence-corrected chi connectivity index (χ4v) is 3.49. The summed E-state index contributed by atoms with van der Waals surface area (Å²) in [7, 11) is 1.66. The van der Waals surface area contributed by atoms with Crippen LogP contribution in [0.4, 0.5) is 0 Å². The first kappa shape index (κ1) is 16.0. The molecule has 5 nitrogen and oxygen atoms in total. The molecule has 0 aliphatic heterocycles. The molecular weight excluding hydrogens is 376 g/mol. The monoisotopic (exact) mass is 390 g/mol. The molecule has 0 unspecified atom stereocenters. The molecule has 0 radical (unpaired) electrons. The van der Waals surface area contributed by atoms with Gasteiger partial charge in [0, 0.05) is 5.75 Å². The van der Waals surface area contributed by atoms with Crippen molar-refractivity contribution in [1.82, 2.24) is 20.2 Å². The van der Waals surface area contributed by atoms with Crippen LogP contribution in [0.15, 0.2) is 52.1 Å². The van der Waals surface area contributed by atoms with E-state index in [4.69, 9.17) is 4.74 Å². The van der Waals surface area contributed by atoms with Crippen LogP contribution < -0.4 is 4.74 Å². The Kier molecular flexibility index (Phi) is 4.97. The molecule has 0 bridgehead atoms. The van der Waals surface area contributed by atoms with Crippen molar-refractivity contribution >= 4 is 27.7 Å². The number of nitrogens with zero attached hydrogens (tertiary/aromatic N) is 4. The van der Waals surface area contributed by atoms with E-state index in [1.54, 1.807) is 23.6 Å². The Bertz CT molecular complexity index is 804. The lowest BCUT2D eigenvalue weighted by atomic mass is 10.2. The summed E-state index contributed by atoms with van der Waals surface area (Å²) in [5, 5.41) is 12.7. The molecular formula is C16H15BrN4OS. The molecule has 0 saturated carbocycles. The maximum atomic E-state index is 5.25. The third kappa shape index (κ3) is 3.73. The third-order valence-electron chi connectivity index (χ3n) is 3.30. The normalized spacial score (nSPS) is 10.7. The zero-order valence-corrected chi connectivity index (χ0v) is 15.1. The molecule has 0 saturated heterocycles. The predicted octanol–water partition coefficient (Wildman–Crippen LogP) is 4.03. The fraction of sp³-hybridized carbons (Fsp3) is 0.188. The second kappa shape index (κ2) is 7.14. The number of aromatic nitrogens is 4. The zero-order valence-electron chi connectivity index (χ0n) is 12.7. The first-order valence-electron chi connectivity index (χ1n) is 6.98. The molecule has 0 atom stereocenters. The number of thioether (sulfide) groups is 1. The number of halogens is 1. The van der Waals surface area contributed by atoms with E-state index in [9.17, 15) is 0 Å². The average molecular weight is 391 g/mol. The molecule has 3 rings (SSSR count). The van der Waals surface area contributed by atoms with E-state index < -0.39 is 0 Å². The van der Waals surface area contributed by atoms with Crippen molar-refractivity contribution in [3.8, 4) is 11.4 Å². The van der Waals surface area contributed by atoms with Gasteiger partial charge in [0.25, 0.3) is 0 Å². The summed E-state index contributed by atoms with van der Waals surface area (Å²) in [4.78, 5) is 0.